The maximum absolute atomic E-state index is 13.5. The molecule has 1 spiro atoms. The van der Waals surface area contributed by atoms with E-state index in [2.05, 4.69) is 35.7 Å². The van der Waals surface area contributed by atoms with Gasteiger partial charge in [0, 0.05) is 30.6 Å². The van der Waals surface area contributed by atoms with E-state index in [4.69, 9.17) is 9.73 Å². The third kappa shape index (κ3) is 1.97. The van der Waals surface area contributed by atoms with Gasteiger partial charge in [-0.15, -0.1) is 6.58 Å². The molecule has 27 heavy (non-hydrogen) atoms. The fourth-order valence-electron chi connectivity index (χ4n) is 6.96. The normalized spacial score (nSPS) is 39.1. The van der Waals surface area contributed by atoms with Crippen LogP contribution >= 0.6 is 0 Å². The topological polar surface area (TPSA) is 41.9 Å². The van der Waals surface area contributed by atoms with E-state index < -0.39 is 5.54 Å². The van der Waals surface area contributed by atoms with Gasteiger partial charge in [0.15, 0.2) is 5.54 Å². The molecule has 142 valence electrons. The minimum atomic E-state index is -0.743. The molecule has 2 aliphatic carbocycles. The fraction of sp³-hybridized carbons (Fsp3) is 0.565. The molecule has 0 amide bonds. The number of aliphatic imine (C=N–C) groups is 1. The van der Waals surface area contributed by atoms with Crippen molar-refractivity contribution in [1.29, 1.82) is 0 Å². The Morgan fingerprint density at radius 2 is 2.22 bits per heavy atom. The van der Waals surface area contributed by atoms with Gasteiger partial charge in [0.25, 0.3) is 0 Å². The number of benzene rings is 1. The van der Waals surface area contributed by atoms with Crippen molar-refractivity contribution in [2.45, 2.75) is 43.7 Å². The zero-order valence-corrected chi connectivity index (χ0v) is 16.1. The predicted octanol–water partition coefficient (Wildman–Crippen LogP) is 3.47. The second kappa shape index (κ2) is 6.03. The van der Waals surface area contributed by atoms with E-state index in [9.17, 15) is 4.79 Å². The first-order chi connectivity index (χ1) is 13.2. The van der Waals surface area contributed by atoms with Crippen molar-refractivity contribution in [2.75, 3.05) is 19.7 Å². The standard InChI is InChI=1S/C23H28N2O2/c1-3-13-25-15-17-14-18-19-11-8-12-22(19,25)23(17,21(26)27-4-2)24-20(18)16-9-6-5-7-10-16/h3,5-7,9-10,17-19H,1,4,8,11-15H2,2H3. The van der Waals surface area contributed by atoms with E-state index in [1.165, 1.54) is 18.4 Å². The average Bonchev–Trinajstić information content (AvgIpc) is 3.23. The Hall–Kier alpha value is -1.94. The van der Waals surface area contributed by atoms with E-state index >= 15 is 0 Å². The van der Waals surface area contributed by atoms with Crippen LogP contribution in [0.2, 0.25) is 0 Å². The van der Waals surface area contributed by atoms with Crippen LogP contribution in [0.3, 0.4) is 0 Å². The molecule has 6 rings (SSSR count). The van der Waals surface area contributed by atoms with Crippen LogP contribution in [0.15, 0.2) is 48.0 Å². The van der Waals surface area contributed by atoms with Gasteiger partial charge >= 0.3 is 5.97 Å². The van der Waals surface area contributed by atoms with Crippen LogP contribution in [0, 0.1) is 17.8 Å². The van der Waals surface area contributed by atoms with Crippen LogP contribution in [0.25, 0.3) is 0 Å². The van der Waals surface area contributed by atoms with E-state index in [1.54, 1.807) is 0 Å². The van der Waals surface area contributed by atoms with E-state index in [0.29, 0.717) is 18.4 Å². The Balaban J connectivity index is 1.73. The number of hydrogen-bond donors (Lipinski definition) is 0. The molecule has 3 aliphatic heterocycles. The molecule has 4 heteroatoms. The predicted molar refractivity (Wildman–Crippen MR) is 106 cm³/mol. The lowest BCUT2D eigenvalue weighted by Gasteiger charge is -2.58. The maximum atomic E-state index is 13.5. The van der Waals surface area contributed by atoms with Gasteiger partial charge in [-0.3, -0.25) is 9.89 Å². The molecule has 2 saturated carbocycles. The highest BCUT2D eigenvalue weighted by Crippen LogP contribution is 2.67. The first kappa shape index (κ1) is 17.2. The fourth-order valence-corrected chi connectivity index (χ4v) is 6.96. The molecule has 5 aliphatic rings. The van der Waals surface area contributed by atoms with Crippen molar-refractivity contribution >= 4 is 11.7 Å². The second-order valence-electron chi connectivity index (χ2n) is 8.51. The molecule has 1 aromatic rings. The molecular formula is C23H28N2O2. The van der Waals surface area contributed by atoms with Gasteiger partial charge in [-0.1, -0.05) is 42.8 Å². The molecule has 0 radical (unpaired) electrons. The molecule has 0 aromatic heterocycles. The average molecular weight is 364 g/mol. The summed E-state index contributed by atoms with van der Waals surface area (Å²) in [7, 11) is 0. The summed E-state index contributed by atoms with van der Waals surface area (Å²) in [6, 6.07) is 10.5. The number of esters is 1. The van der Waals surface area contributed by atoms with Gasteiger partial charge in [0.2, 0.25) is 0 Å². The highest BCUT2D eigenvalue weighted by molar-refractivity contribution is 6.07. The summed E-state index contributed by atoms with van der Waals surface area (Å²) < 4.78 is 5.70. The van der Waals surface area contributed by atoms with E-state index in [-0.39, 0.29) is 17.4 Å². The highest BCUT2D eigenvalue weighted by atomic mass is 16.5. The Morgan fingerprint density at radius 3 is 2.96 bits per heavy atom. The third-order valence-electron chi connectivity index (χ3n) is 7.62. The Morgan fingerprint density at radius 1 is 1.41 bits per heavy atom. The molecule has 3 fully saturated rings. The first-order valence-corrected chi connectivity index (χ1v) is 10.4. The monoisotopic (exact) mass is 364 g/mol. The van der Waals surface area contributed by atoms with Gasteiger partial charge in [-0.25, -0.2) is 4.79 Å². The number of likely N-dealkylation sites (tertiary alicyclic amines) is 1. The molecule has 4 bridgehead atoms. The zero-order valence-electron chi connectivity index (χ0n) is 16.1. The first-order valence-electron chi connectivity index (χ1n) is 10.4. The summed E-state index contributed by atoms with van der Waals surface area (Å²) in [5, 5.41) is 0. The number of carbonyl (C=O) groups excluding carboxylic acids is 1. The smallest absolute Gasteiger partial charge is 0.336 e. The van der Waals surface area contributed by atoms with Gasteiger partial charge < -0.3 is 4.74 Å². The molecule has 4 nitrogen and oxygen atoms in total. The summed E-state index contributed by atoms with van der Waals surface area (Å²) >= 11 is 0. The third-order valence-corrected chi connectivity index (χ3v) is 7.62. The van der Waals surface area contributed by atoms with Gasteiger partial charge in [-0.05, 0) is 37.7 Å². The summed E-state index contributed by atoms with van der Waals surface area (Å²) in [5.74, 6) is 1.09. The Bertz CT molecular complexity index is 804. The number of carbonyl (C=O) groups is 1. The van der Waals surface area contributed by atoms with Crippen molar-refractivity contribution < 1.29 is 9.53 Å². The van der Waals surface area contributed by atoms with Crippen LogP contribution in [0.5, 0.6) is 0 Å². The lowest BCUT2D eigenvalue weighted by Crippen LogP contribution is -2.72. The Labute approximate surface area is 161 Å². The molecule has 0 N–H and O–H groups in total. The van der Waals surface area contributed by atoms with E-state index in [0.717, 1.165) is 31.6 Å². The van der Waals surface area contributed by atoms with Crippen LogP contribution < -0.4 is 0 Å². The maximum Gasteiger partial charge on any atom is 0.336 e. The van der Waals surface area contributed by atoms with Crippen molar-refractivity contribution in [3.05, 3.63) is 48.6 Å². The molecular weight excluding hydrogens is 336 g/mol. The molecule has 5 unspecified atom stereocenters. The molecule has 1 aromatic carbocycles. The summed E-state index contributed by atoms with van der Waals surface area (Å²) in [6.45, 7) is 8.06. The Kier molecular flexibility index (Phi) is 3.84. The molecule has 5 atom stereocenters. The molecule has 1 saturated heterocycles. The second-order valence-corrected chi connectivity index (χ2v) is 8.51. The quantitative estimate of drug-likeness (QED) is 0.593. The van der Waals surface area contributed by atoms with Crippen LogP contribution in [-0.2, 0) is 9.53 Å². The van der Waals surface area contributed by atoms with Crippen LogP contribution in [0.4, 0.5) is 0 Å². The van der Waals surface area contributed by atoms with Gasteiger partial charge in [-0.2, -0.15) is 0 Å². The zero-order chi connectivity index (χ0) is 18.6. The largest absolute Gasteiger partial charge is 0.464 e. The minimum absolute atomic E-state index is 0.0972. The van der Waals surface area contributed by atoms with Crippen molar-refractivity contribution in [1.82, 2.24) is 4.90 Å². The highest BCUT2D eigenvalue weighted by Gasteiger charge is 2.78. The van der Waals surface area contributed by atoms with Crippen molar-refractivity contribution in [3.8, 4) is 0 Å². The SMILES string of the molecule is C=CCN1CC2CC3C(c4ccccc4)=NC2(C(=O)OCC)C12CCCC32. The number of hydrogen-bond acceptors (Lipinski definition) is 4. The molecule has 3 heterocycles. The van der Waals surface area contributed by atoms with Gasteiger partial charge in [0.1, 0.15) is 0 Å². The number of nitrogens with zero attached hydrogens (tertiary/aromatic N) is 2. The summed E-state index contributed by atoms with van der Waals surface area (Å²) in [5.41, 5.74) is 1.39. The van der Waals surface area contributed by atoms with Crippen LogP contribution in [-0.4, -0.2) is 47.4 Å². The van der Waals surface area contributed by atoms with E-state index in [1.807, 2.05) is 19.1 Å². The number of ether oxygens (including phenoxy) is 1. The number of rotatable bonds is 5. The van der Waals surface area contributed by atoms with Crippen molar-refractivity contribution in [3.63, 3.8) is 0 Å². The van der Waals surface area contributed by atoms with Crippen molar-refractivity contribution in [2.24, 2.45) is 22.7 Å². The van der Waals surface area contributed by atoms with Crippen LogP contribution in [0.1, 0.15) is 38.2 Å². The van der Waals surface area contributed by atoms with Gasteiger partial charge in [0.05, 0.1) is 12.1 Å². The summed E-state index contributed by atoms with van der Waals surface area (Å²) in [4.78, 5) is 21.4. The minimum Gasteiger partial charge on any atom is -0.464 e. The lowest BCUT2D eigenvalue weighted by molar-refractivity contribution is -0.160. The summed E-state index contributed by atoms with van der Waals surface area (Å²) in [6.07, 6.45) is 6.42. The lowest BCUT2D eigenvalue weighted by atomic mass is 9.53.